The van der Waals surface area contributed by atoms with Crippen LogP contribution in [0.25, 0.3) is 11.0 Å². The number of aromatic nitrogens is 2. The highest BCUT2D eigenvalue weighted by Gasteiger charge is 2.11. The summed E-state index contributed by atoms with van der Waals surface area (Å²) < 4.78 is 3.16. The lowest BCUT2D eigenvalue weighted by atomic mass is 10.1. The van der Waals surface area contributed by atoms with Crippen molar-refractivity contribution >= 4 is 16.9 Å². The summed E-state index contributed by atoms with van der Waals surface area (Å²) in [4.78, 5) is 24.2. The highest BCUT2D eigenvalue weighted by atomic mass is 16.2. The van der Waals surface area contributed by atoms with Crippen molar-refractivity contribution in [2.45, 2.75) is 6.54 Å². The number of rotatable bonds is 3. The van der Waals surface area contributed by atoms with E-state index < -0.39 is 0 Å². The summed E-state index contributed by atoms with van der Waals surface area (Å²) in [6, 6.07) is 14.3. The second-order valence-electron chi connectivity index (χ2n) is 5.56. The summed E-state index contributed by atoms with van der Waals surface area (Å²) in [5.41, 5.74) is 3.14. The molecular weight excluding hydrogens is 304 g/mol. The lowest BCUT2D eigenvalue weighted by molar-refractivity contribution is 0.0950. The molecule has 6 nitrogen and oxygen atoms in total. The molecule has 24 heavy (non-hydrogen) atoms. The maximum Gasteiger partial charge on any atom is 0.328 e. The number of imidazole rings is 1. The van der Waals surface area contributed by atoms with Gasteiger partial charge in [-0.2, -0.15) is 5.26 Å². The third kappa shape index (κ3) is 2.57. The Balaban J connectivity index is 1.83. The molecule has 1 aromatic heterocycles. The highest BCUT2D eigenvalue weighted by Crippen LogP contribution is 2.14. The molecule has 0 aliphatic carbocycles. The van der Waals surface area contributed by atoms with Gasteiger partial charge in [-0.3, -0.25) is 13.9 Å². The second-order valence-corrected chi connectivity index (χ2v) is 5.56. The highest BCUT2D eigenvalue weighted by molar-refractivity contribution is 5.96. The zero-order valence-corrected chi connectivity index (χ0v) is 13.4. The molecule has 1 N–H and O–H groups in total. The van der Waals surface area contributed by atoms with E-state index in [1.165, 1.54) is 0 Å². The van der Waals surface area contributed by atoms with Crippen LogP contribution in [0.4, 0.5) is 0 Å². The van der Waals surface area contributed by atoms with E-state index in [4.69, 9.17) is 5.26 Å². The van der Waals surface area contributed by atoms with Crippen LogP contribution in [-0.4, -0.2) is 15.0 Å². The van der Waals surface area contributed by atoms with Crippen LogP contribution in [0.5, 0.6) is 0 Å². The zero-order valence-electron chi connectivity index (χ0n) is 13.4. The molecule has 2 aromatic carbocycles. The van der Waals surface area contributed by atoms with Crippen LogP contribution in [0.3, 0.4) is 0 Å². The van der Waals surface area contributed by atoms with Crippen LogP contribution >= 0.6 is 0 Å². The SMILES string of the molecule is Cn1c(=O)n(C)c2cc(CNC(=O)c3ccccc3C#N)ccc21. The van der Waals surface area contributed by atoms with Crippen molar-refractivity contribution in [3.05, 3.63) is 69.6 Å². The Morgan fingerprint density at radius 3 is 2.58 bits per heavy atom. The molecule has 120 valence electrons. The van der Waals surface area contributed by atoms with Crippen LogP contribution in [0, 0.1) is 11.3 Å². The second kappa shape index (κ2) is 6.05. The number of benzene rings is 2. The van der Waals surface area contributed by atoms with Crippen LogP contribution in [0.1, 0.15) is 21.5 Å². The number of fused-ring (bicyclic) bond motifs is 1. The van der Waals surface area contributed by atoms with E-state index in [2.05, 4.69) is 5.32 Å². The van der Waals surface area contributed by atoms with Gasteiger partial charge in [-0.15, -0.1) is 0 Å². The Labute approximate surface area is 138 Å². The van der Waals surface area contributed by atoms with E-state index >= 15 is 0 Å². The molecule has 3 rings (SSSR count). The number of nitrogens with zero attached hydrogens (tertiary/aromatic N) is 3. The first-order chi connectivity index (χ1) is 11.5. The maximum atomic E-state index is 12.3. The van der Waals surface area contributed by atoms with Gasteiger partial charge in [0.2, 0.25) is 0 Å². The van der Waals surface area contributed by atoms with Gasteiger partial charge in [0, 0.05) is 20.6 Å². The van der Waals surface area contributed by atoms with Gasteiger partial charge < -0.3 is 5.32 Å². The molecule has 3 aromatic rings. The van der Waals surface area contributed by atoms with Gasteiger partial charge in [-0.1, -0.05) is 18.2 Å². The Bertz CT molecular complexity index is 1040. The van der Waals surface area contributed by atoms with Gasteiger partial charge >= 0.3 is 5.69 Å². The number of carbonyl (C=O) groups is 1. The fourth-order valence-electron chi connectivity index (χ4n) is 2.72. The fourth-order valence-corrected chi connectivity index (χ4v) is 2.72. The number of carbonyl (C=O) groups excluding carboxylic acids is 1. The Morgan fingerprint density at radius 1 is 1.12 bits per heavy atom. The number of nitrogens with one attached hydrogen (secondary N) is 1. The first kappa shape index (κ1) is 15.6. The minimum atomic E-state index is -0.297. The van der Waals surface area contributed by atoms with Crippen LogP contribution < -0.4 is 11.0 Å². The van der Waals surface area contributed by atoms with Gasteiger partial charge in [0.1, 0.15) is 0 Å². The average molecular weight is 320 g/mol. The molecule has 0 aliphatic rings. The van der Waals surface area contributed by atoms with E-state index in [9.17, 15) is 9.59 Å². The molecule has 0 spiro atoms. The van der Waals surface area contributed by atoms with Crippen molar-refractivity contribution in [3.8, 4) is 6.07 Å². The molecule has 0 saturated carbocycles. The third-order valence-electron chi connectivity index (χ3n) is 4.08. The summed E-state index contributed by atoms with van der Waals surface area (Å²) in [7, 11) is 3.45. The maximum absolute atomic E-state index is 12.3. The minimum absolute atomic E-state index is 0.0888. The lowest BCUT2D eigenvalue weighted by Crippen LogP contribution is -2.23. The van der Waals surface area contributed by atoms with E-state index in [1.807, 2.05) is 24.3 Å². The average Bonchev–Trinajstić information content (AvgIpc) is 2.83. The smallest absolute Gasteiger partial charge is 0.328 e. The van der Waals surface area contributed by atoms with Gasteiger partial charge in [0.05, 0.1) is 28.2 Å². The summed E-state index contributed by atoms with van der Waals surface area (Å²) in [5, 5.41) is 11.9. The third-order valence-corrected chi connectivity index (χ3v) is 4.08. The lowest BCUT2D eigenvalue weighted by Gasteiger charge is -2.07. The standard InChI is InChI=1S/C18H16N4O2/c1-21-15-8-7-12(9-16(15)22(2)18(21)24)11-20-17(23)14-6-4-3-5-13(14)10-19/h3-9H,11H2,1-2H3,(H,20,23). The van der Waals surface area contributed by atoms with Gasteiger partial charge in [0.15, 0.2) is 0 Å². The molecule has 0 unspecified atom stereocenters. The van der Waals surface area contributed by atoms with Crippen molar-refractivity contribution in [1.82, 2.24) is 14.5 Å². The zero-order chi connectivity index (χ0) is 17.3. The largest absolute Gasteiger partial charge is 0.348 e. The Morgan fingerprint density at radius 2 is 1.83 bits per heavy atom. The number of amides is 1. The van der Waals surface area contributed by atoms with Crippen molar-refractivity contribution in [2.75, 3.05) is 0 Å². The van der Waals surface area contributed by atoms with E-state index in [0.29, 0.717) is 17.7 Å². The number of nitriles is 1. The van der Waals surface area contributed by atoms with Gasteiger partial charge in [0.25, 0.3) is 5.91 Å². The monoisotopic (exact) mass is 320 g/mol. The van der Waals surface area contributed by atoms with Crippen molar-refractivity contribution in [1.29, 1.82) is 5.26 Å². The summed E-state index contributed by atoms with van der Waals surface area (Å²) in [6.07, 6.45) is 0. The molecule has 1 amide bonds. The van der Waals surface area contributed by atoms with Gasteiger partial charge in [-0.25, -0.2) is 4.79 Å². The fraction of sp³-hybridized carbons (Fsp3) is 0.167. The van der Waals surface area contributed by atoms with Crippen LogP contribution in [0.15, 0.2) is 47.3 Å². The molecule has 1 heterocycles. The molecule has 0 fully saturated rings. The predicted octanol–water partition coefficient (Wildman–Crippen LogP) is 1.68. The van der Waals surface area contributed by atoms with E-state index in [0.717, 1.165) is 16.6 Å². The number of hydrogen-bond acceptors (Lipinski definition) is 3. The first-order valence-electron chi connectivity index (χ1n) is 7.44. The summed E-state index contributed by atoms with van der Waals surface area (Å²) in [5.74, 6) is -0.297. The summed E-state index contributed by atoms with van der Waals surface area (Å²) in [6.45, 7) is 0.317. The first-order valence-corrected chi connectivity index (χ1v) is 7.44. The summed E-state index contributed by atoms with van der Waals surface area (Å²) >= 11 is 0. The van der Waals surface area contributed by atoms with Crippen molar-refractivity contribution in [2.24, 2.45) is 14.1 Å². The minimum Gasteiger partial charge on any atom is -0.348 e. The van der Waals surface area contributed by atoms with Crippen LogP contribution in [0.2, 0.25) is 0 Å². The van der Waals surface area contributed by atoms with Crippen LogP contribution in [-0.2, 0) is 20.6 Å². The number of aryl methyl sites for hydroxylation is 2. The molecule has 0 saturated heterocycles. The quantitative estimate of drug-likeness (QED) is 0.797. The van der Waals surface area contributed by atoms with E-state index in [1.54, 1.807) is 47.5 Å². The topological polar surface area (TPSA) is 79.8 Å². The molecule has 0 radical (unpaired) electrons. The predicted molar refractivity (Wildman–Crippen MR) is 90.5 cm³/mol. The van der Waals surface area contributed by atoms with E-state index in [-0.39, 0.29) is 11.6 Å². The normalized spacial score (nSPS) is 10.5. The molecule has 0 bridgehead atoms. The molecule has 6 heteroatoms. The molecule has 0 atom stereocenters. The Kier molecular flexibility index (Phi) is 3.92. The Hall–Kier alpha value is -3.33. The van der Waals surface area contributed by atoms with Gasteiger partial charge in [-0.05, 0) is 29.8 Å². The van der Waals surface area contributed by atoms with Crippen molar-refractivity contribution in [3.63, 3.8) is 0 Å². The number of hydrogen-bond donors (Lipinski definition) is 1. The molecular formula is C18H16N4O2. The molecule has 0 aliphatic heterocycles. The van der Waals surface area contributed by atoms with Crippen molar-refractivity contribution < 1.29 is 4.79 Å².